The minimum atomic E-state index is 0.948. The van der Waals surface area contributed by atoms with E-state index in [1.54, 1.807) is 0 Å². The fourth-order valence-electron chi connectivity index (χ4n) is 4.27. The van der Waals surface area contributed by atoms with E-state index in [0.29, 0.717) is 0 Å². The topological polar surface area (TPSA) is 0 Å². The molecule has 1 unspecified atom stereocenters. The van der Waals surface area contributed by atoms with Crippen LogP contribution in [0.25, 0.3) is 0 Å². The Kier molecular flexibility index (Phi) is 21.3. The average molecular weight is 366 g/mol. The van der Waals surface area contributed by atoms with E-state index in [4.69, 9.17) is 0 Å². The fourth-order valence-corrected chi connectivity index (χ4v) is 4.27. The van der Waals surface area contributed by atoms with E-state index < -0.39 is 0 Å². The van der Waals surface area contributed by atoms with Gasteiger partial charge in [0, 0.05) is 0 Å². The molecule has 0 heterocycles. The number of rotatable bonds is 21. The molecule has 0 rings (SSSR count). The van der Waals surface area contributed by atoms with E-state index in [2.05, 4.69) is 27.7 Å². The lowest BCUT2D eigenvalue weighted by Gasteiger charge is -2.27. The average Bonchev–Trinajstić information content (AvgIpc) is 2.66. The second-order valence-corrected chi connectivity index (χ2v) is 8.68. The first-order valence-electron chi connectivity index (χ1n) is 12.6. The first-order chi connectivity index (χ1) is 12.8. The van der Waals surface area contributed by atoms with Crippen LogP contribution >= 0.6 is 0 Å². The molecule has 0 N–H and O–H groups in total. The minimum absolute atomic E-state index is 0.948. The third kappa shape index (κ3) is 16.2. The first-order valence-corrected chi connectivity index (χ1v) is 12.6. The van der Waals surface area contributed by atoms with E-state index >= 15 is 0 Å². The highest BCUT2D eigenvalue weighted by Crippen LogP contribution is 2.34. The summed E-state index contributed by atoms with van der Waals surface area (Å²) in [6.45, 7) is 9.35. The van der Waals surface area contributed by atoms with Crippen LogP contribution in [0.4, 0.5) is 0 Å². The molecule has 0 aromatic heterocycles. The summed E-state index contributed by atoms with van der Waals surface area (Å²) in [5.74, 6) is 2.92. The van der Waals surface area contributed by atoms with E-state index in [0.717, 1.165) is 5.92 Å². The predicted octanol–water partition coefficient (Wildman–Crippen LogP) is 10.1. The summed E-state index contributed by atoms with van der Waals surface area (Å²) in [4.78, 5) is 0. The first kappa shape index (κ1) is 26.0. The Balaban J connectivity index is 4.40. The largest absolute Gasteiger partial charge is 0.0654 e. The van der Waals surface area contributed by atoms with E-state index in [1.807, 2.05) is 5.92 Å². The van der Waals surface area contributed by atoms with Crippen molar-refractivity contribution in [3.8, 4) is 0 Å². The van der Waals surface area contributed by atoms with Gasteiger partial charge in [0.05, 0.1) is 0 Å². The van der Waals surface area contributed by atoms with Gasteiger partial charge < -0.3 is 0 Å². The predicted molar refractivity (Wildman–Crippen MR) is 122 cm³/mol. The van der Waals surface area contributed by atoms with Crippen LogP contribution in [0.1, 0.15) is 156 Å². The van der Waals surface area contributed by atoms with Gasteiger partial charge >= 0.3 is 0 Å². The SMILES string of the molecule is CCCCCCCC[C](CCCCCC)C(CCCC)CCCCCC. The molecule has 0 amide bonds. The summed E-state index contributed by atoms with van der Waals surface area (Å²) in [6, 6.07) is 0. The van der Waals surface area contributed by atoms with Crippen molar-refractivity contribution >= 4 is 0 Å². The Labute approximate surface area is 168 Å². The van der Waals surface area contributed by atoms with Gasteiger partial charge in [0.25, 0.3) is 0 Å². The van der Waals surface area contributed by atoms with Crippen LogP contribution in [0.5, 0.6) is 0 Å². The molecular weight excluding hydrogens is 312 g/mol. The molecule has 157 valence electrons. The highest BCUT2D eigenvalue weighted by molar-refractivity contribution is 4.96. The van der Waals surface area contributed by atoms with E-state index in [9.17, 15) is 0 Å². The molecule has 0 aliphatic heterocycles. The molecule has 0 saturated heterocycles. The summed E-state index contributed by atoms with van der Waals surface area (Å²) in [5.41, 5.74) is 0. The maximum atomic E-state index is 2.36. The lowest BCUT2D eigenvalue weighted by molar-refractivity contribution is 0.377. The molecule has 0 aliphatic rings. The molecule has 0 saturated carbocycles. The fraction of sp³-hybridized carbons (Fsp3) is 0.962. The number of unbranched alkanes of at least 4 members (excludes halogenated alkanes) is 12. The minimum Gasteiger partial charge on any atom is -0.0654 e. The Morgan fingerprint density at radius 2 is 0.808 bits per heavy atom. The molecule has 0 aromatic rings. The van der Waals surface area contributed by atoms with Crippen LogP contribution < -0.4 is 0 Å². The highest BCUT2D eigenvalue weighted by Gasteiger charge is 2.20. The van der Waals surface area contributed by atoms with Crippen molar-refractivity contribution < 1.29 is 0 Å². The molecular formula is C26H53. The summed E-state index contributed by atoms with van der Waals surface area (Å²) in [5, 5.41) is 0. The molecule has 0 aliphatic carbocycles. The zero-order chi connectivity index (χ0) is 19.3. The van der Waals surface area contributed by atoms with E-state index in [1.165, 1.54) is 128 Å². The summed E-state index contributed by atoms with van der Waals surface area (Å²) >= 11 is 0. The van der Waals surface area contributed by atoms with Crippen LogP contribution in [-0.2, 0) is 0 Å². The molecule has 1 atom stereocenters. The lowest BCUT2D eigenvalue weighted by Crippen LogP contribution is -2.14. The van der Waals surface area contributed by atoms with Crippen LogP contribution in [0.3, 0.4) is 0 Å². The van der Waals surface area contributed by atoms with Gasteiger partial charge in [-0.3, -0.25) is 0 Å². The molecule has 0 bridgehead atoms. The van der Waals surface area contributed by atoms with Crippen molar-refractivity contribution in [3.05, 3.63) is 5.92 Å². The Morgan fingerprint density at radius 1 is 0.423 bits per heavy atom. The Hall–Kier alpha value is 0. The normalized spacial score (nSPS) is 12.8. The molecule has 0 spiro atoms. The van der Waals surface area contributed by atoms with Gasteiger partial charge in [0.15, 0.2) is 0 Å². The summed E-state index contributed by atoms with van der Waals surface area (Å²) in [7, 11) is 0. The second-order valence-electron chi connectivity index (χ2n) is 8.68. The summed E-state index contributed by atoms with van der Waals surface area (Å²) in [6.07, 6.45) is 28.7. The zero-order valence-electron chi connectivity index (χ0n) is 19.2. The molecule has 0 fully saturated rings. The van der Waals surface area contributed by atoms with E-state index in [-0.39, 0.29) is 0 Å². The van der Waals surface area contributed by atoms with Crippen LogP contribution in [0.15, 0.2) is 0 Å². The zero-order valence-corrected chi connectivity index (χ0v) is 19.2. The molecule has 1 radical (unpaired) electrons. The standard InChI is InChI=1S/C26H53/c1-5-9-13-16-17-20-24-26(23-19-15-11-7-3)25(21-12-8-4)22-18-14-10-6-2/h25H,5-24H2,1-4H3. The Bertz CT molecular complexity index is 244. The van der Waals surface area contributed by atoms with Gasteiger partial charge in [0.2, 0.25) is 0 Å². The van der Waals surface area contributed by atoms with Crippen molar-refractivity contribution in [2.75, 3.05) is 0 Å². The Morgan fingerprint density at radius 3 is 1.35 bits per heavy atom. The van der Waals surface area contributed by atoms with Gasteiger partial charge in [-0.1, -0.05) is 130 Å². The molecule has 0 nitrogen and oxygen atoms in total. The summed E-state index contributed by atoms with van der Waals surface area (Å²) < 4.78 is 0. The van der Waals surface area contributed by atoms with Crippen molar-refractivity contribution in [2.24, 2.45) is 5.92 Å². The maximum absolute atomic E-state index is 2.36. The van der Waals surface area contributed by atoms with Crippen LogP contribution in [0, 0.1) is 11.8 Å². The molecule has 0 aromatic carbocycles. The van der Waals surface area contributed by atoms with Crippen LogP contribution in [-0.4, -0.2) is 0 Å². The van der Waals surface area contributed by atoms with Crippen LogP contribution in [0.2, 0.25) is 0 Å². The van der Waals surface area contributed by atoms with Gasteiger partial charge in [-0.15, -0.1) is 0 Å². The van der Waals surface area contributed by atoms with Crippen molar-refractivity contribution in [3.63, 3.8) is 0 Å². The molecule has 0 heteroatoms. The number of hydrogen-bond acceptors (Lipinski definition) is 0. The van der Waals surface area contributed by atoms with Crippen molar-refractivity contribution in [1.29, 1.82) is 0 Å². The lowest BCUT2D eigenvalue weighted by atomic mass is 9.78. The van der Waals surface area contributed by atoms with Gasteiger partial charge in [-0.25, -0.2) is 0 Å². The second kappa shape index (κ2) is 21.3. The number of hydrogen-bond donors (Lipinski definition) is 0. The van der Waals surface area contributed by atoms with Crippen molar-refractivity contribution in [1.82, 2.24) is 0 Å². The van der Waals surface area contributed by atoms with Gasteiger partial charge in [-0.2, -0.15) is 0 Å². The van der Waals surface area contributed by atoms with Gasteiger partial charge in [-0.05, 0) is 37.5 Å². The third-order valence-corrected chi connectivity index (χ3v) is 6.09. The maximum Gasteiger partial charge on any atom is -0.0210 e. The van der Waals surface area contributed by atoms with Gasteiger partial charge in [0.1, 0.15) is 0 Å². The highest BCUT2D eigenvalue weighted by atomic mass is 14.3. The third-order valence-electron chi connectivity index (χ3n) is 6.09. The molecule has 26 heavy (non-hydrogen) atoms. The monoisotopic (exact) mass is 365 g/mol. The van der Waals surface area contributed by atoms with Crippen molar-refractivity contribution in [2.45, 2.75) is 156 Å². The smallest absolute Gasteiger partial charge is 0.0210 e. The quantitative estimate of drug-likeness (QED) is 0.177.